The maximum atomic E-state index is 6.49. The SMILES string of the molecule is COc1ccc2c(c1)[C@H](N)[C@@H](c1ccccc1)CC2. The predicted octanol–water partition coefficient (Wildman–Crippen LogP) is 3.43. The van der Waals surface area contributed by atoms with Crippen LogP contribution in [0.15, 0.2) is 48.5 Å². The van der Waals surface area contributed by atoms with Crippen molar-refractivity contribution in [1.82, 2.24) is 0 Å². The highest BCUT2D eigenvalue weighted by Gasteiger charge is 2.28. The molecule has 0 heterocycles. The van der Waals surface area contributed by atoms with Crippen molar-refractivity contribution in [2.45, 2.75) is 24.8 Å². The molecule has 0 aromatic heterocycles. The number of aryl methyl sites for hydroxylation is 1. The molecule has 1 aliphatic carbocycles. The van der Waals surface area contributed by atoms with Gasteiger partial charge < -0.3 is 10.5 Å². The first-order chi connectivity index (χ1) is 9.29. The molecular weight excluding hydrogens is 234 g/mol. The van der Waals surface area contributed by atoms with Gasteiger partial charge in [-0.15, -0.1) is 0 Å². The average molecular weight is 253 g/mol. The summed E-state index contributed by atoms with van der Waals surface area (Å²) in [6.07, 6.45) is 2.21. The number of hydrogen-bond donors (Lipinski definition) is 1. The summed E-state index contributed by atoms with van der Waals surface area (Å²) in [7, 11) is 1.70. The third-order valence-electron chi connectivity index (χ3n) is 4.10. The molecule has 3 rings (SSSR count). The highest BCUT2D eigenvalue weighted by atomic mass is 16.5. The summed E-state index contributed by atoms with van der Waals surface area (Å²) in [5.74, 6) is 1.30. The van der Waals surface area contributed by atoms with Crippen LogP contribution in [-0.2, 0) is 6.42 Å². The average Bonchev–Trinajstić information content (AvgIpc) is 2.48. The number of benzene rings is 2. The molecule has 2 N–H and O–H groups in total. The fourth-order valence-corrected chi connectivity index (χ4v) is 3.02. The molecule has 0 aliphatic heterocycles. The Kier molecular flexibility index (Phi) is 3.26. The Hall–Kier alpha value is -1.80. The summed E-state index contributed by atoms with van der Waals surface area (Å²) in [5, 5.41) is 0. The third-order valence-corrected chi connectivity index (χ3v) is 4.10. The van der Waals surface area contributed by atoms with Crippen LogP contribution in [0.2, 0.25) is 0 Å². The van der Waals surface area contributed by atoms with Crippen LogP contribution in [0.5, 0.6) is 5.75 Å². The van der Waals surface area contributed by atoms with Crippen LogP contribution in [0.25, 0.3) is 0 Å². The number of methoxy groups -OCH3 is 1. The standard InChI is InChI=1S/C17H19NO/c1-19-14-9-7-13-8-10-15(17(18)16(13)11-14)12-5-3-2-4-6-12/h2-7,9,11,15,17H,8,10,18H2,1H3/t15-,17-/m1/s1. The molecule has 0 unspecified atom stereocenters. The number of nitrogens with two attached hydrogens (primary N) is 1. The lowest BCUT2D eigenvalue weighted by Crippen LogP contribution is -2.25. The van der Waals surface area contributed by atoms with Crippen LogP contribution >= 0.6 is 0 Å². The Morgan fingerprint density at radius 1 is 1.11 bits per heavy atom. The van der Waals surface area contributed by atoms with Crippen LogP contribution in [0, 0.1) is 0 Å². The van der Waals surface area contributed by atoms with Crippen molar-refractivity contribution in [3.8, 4) is 5.75 Å². The smallest absolute Gasteiger partial charge is 0.119 e. The maximum absolute atomic E-state index is 6.49. The lowest BCUT2D eigenvalue weighted by Gasteiger charge is -2.31. The molecule has 2 nitrogen and oxygen atoms in total. The normalized spacial score (nSPS) is 21.8. The highest BCUT2D eigenvalue weighted by molar-refractivity contribution is 5.42. The van der Waals surface area contributed by atoms with Crippen LogP contribution in [0.3, 0.4) is 0 Å². The second-order valence-corrected chi connectivity index (χ2v) is 5.15. The minimum atomic E-state index is 0.0567. The van der Waals surface area contributed by atoms with Crippen LogP contribution in [0.4, 0.5) is 0 Å². The first kappa shape index (κ1) is 12.2. The zero-order valence-corrected chi connectivity index (χ0v) is 11.2. The Morgan fingerprint density at radius 2 is 1.89 bits per heavy atom. The molecule has 2 aromatic rings. The van der Waals surface area contributed by atoms with Gasteiger partial charge >= 0.3 is 0 Å². The second-order valence-electron chi connectivity index (χ2n) is 5.15. The molecule has 2 aromatic carbocycles. The largest absolute Gasteiger partial charge is 0.497 e. The van der Waals surface area contributed by atoms with Gasteiger partial charge in [0.2, 0.25) is 0 Å². The molecule has 19 heavy (non-hydrogen) atoms. The highest BCUT2D eigenvalue weighted by Crippen LogP contribution is 2.40. The summed E-state index contributed by atoms with van der Waals surface area (Å²) in [6, 6.07) is 16.9. The second kappa shape index (κ2) is 5.06. The van der Waals surface area contributed by atoms with Crippen molar-refractivity contribution in [1.29, 1.82) is 0 Å². The van der Waals surface area contributed by atoms with E-state index in [4.69, 9.17) is 10.5 Å². The Labute approximate surface area is 114 Å². The summed E-state index contributed by atoms with van der Waals surface area (Å²) in [6.45, 7) is 0. The molecule has 2 atom stereocenters. The van der Waals surface area contributed by atoms with E-state index in [1.165, 1.54) is 16.7 Å². The van der Waals surface area contributed by atoms with Crippen LogP contribution in [-0.4, -0.2) is 7.11 Å². The van der Waals surface area contributed by atoms with E-state index in [-0.39, 0.29) is 6.04 Å². The fraction of sp³-hybridized carbons (Fsp3) is 0.294. The van der Waals surface area contributed by atoms with Crippen molar-refractivity contribution >= 4 is 0 Å². The van der Waals surface area contributed by atoms with Gasteiger partial charge in [0, 0.05) is 12.0 Å². The van der Waals surface area contributed by atoms with Crippen molar-refractivity contribution in [2.24, 2.45) is 5.73 Å². The lowest BCUT2D eigenvalue weighted by atomic mass is 9.77. The Balaban J connectivity index is 1.97. The topological polar surface area (TPSA) is 35.2 Å². The van der Waals surface area contributed by atoms with Gasteiger partial charge in [-0.25, -0.2) is 0 Å². The van der Waals surface area contributed by atoms with Crippen LogP contribution < -0.4 is 10.5 Å². The monoisotopic (exact) mass is 253 g/mol. The van der Waals surface area contributed by atoms with E-state index in [9.17, 15) is 0 Å². The van der Waals surface area contributed by atoms with E-state index >= 15 is 0 Å². The predicted molar refractivity (Wildman–Crippen MR) is 77.4 cm³/mol. The van der Waals surface area contributed by atoms with E-state index < -0.39 is 0 Å². The summed E-state index contributed by atoms with van der Waals surface area (Å²) >= 11 is 0. The molecule has 2 heteroatoms. The van der Waals surface area contributed by atoms with Gasteiger partial charge in [-0.1, -0.05) is 36.4 Å². The van der Waals surface area contributed by atoms with E-state index in [1.807, 2.05) is 6.07 Å². The molecule has 0 saturated carbocycles. The van der Waals surface area contributed by atoms with Gasteiger partial charge in [0.05, 0.1) is 7.11 Å². The molecule has 0 radical (unpaired) electrons. The lowest BCUT2D eigenvalue weighted by molar-refractivity contribution is 0.410. The van der Waals surface area contributed by atoms with E-state index in [0.29, 0.717) is 5.92 Å². The number of hydrogen-bond acceptors (Lipinski definition) is 2. The van der Waals surface area contributed by atoms with Crippen molar-refractivity contribution in [2.75, 3.05) is 7.11 Å². The zero-order chi connectivity index (χ0) is 13.2. The molecule has 98 valence electrons. The van der Waals surface area contributed by atoms with Gasteiger partial charge in [-0.3, -0.25) is 0 Å². The first-order valence-electron chi connectivity index (χ1n) is 6.77. The maximum Gasteiger partial charge on any atom is 0.119 e. The van der Waals surface area contributed by atoms with Gasteiger partial charge in [0.25, 0.3) is 0 Å². The minimum Gasteiger partial charge on any atom is -0.497 e. The Bertz CT molecular complexity index is 565. The zero-order valence-electron chi connectivity index (χ0n) is 11.2. The number of ether oxygens (including phenoxy) is 1. The molecule has 1 aliphatic rings. The first-order valence-corrected chi connectivity index (χ1v) is 6.77. The van der Waals surface area contributed by atoms with Crippen molar-refractivity contribution in [3.05, 3.63) is 65.2 Å². The van der Waals surface area contributed by atoms with Gasteiger partial charge in [-0.05, 0) is 41.7 Å². The third kappa shape index (κ3) is 2.24. The molecule has 0 amide bonds. The fourth-order valence-electron chi connectivity index (χ4n) is 3.02. The Morgan fingerprint density at radius 3 is 2.63 bits per heavy atom. The van der Waals surface area contributed by atoms with Crippen molar-refractivity contribution < 1.29 is 4.74 Å². The molecule has 0 saturated heterocycles. The van der Waals surface area contributed by atoms with E-state index in [0.717, 1.165) is 18.6 Å². The van der Waals surface area contributed by atoms with Crippen molar-refractivity contribution in [3.63, 3.8) is 0 Å². The number of rotatable bonds is 2. The van der Waals surface area contributed by atoms with Gasteiger partial charge in [-0.2, -0.15) is 0 Å². The quantitative estimate of drug-likeness (QED) is 0.890. The van der Waals surface area contributed by atoms with Gasteiger partial charge in [0.1, 0.15) is 5.75 Å². The van der Waals surface area contributed by atoms with Crippen LogP contribution in [0.1, 0.15) is 35.1 Å². The van der Waals surface area contributed by atoms with E-state index in [2.05, 4.69) is 42.5 Å². The molecule has 0 fully saturated rings. The van der Waals surface area contributed by atoms with E-state index in [1.54, 1.807) is 7.11 Å². The summed E-state index contributed by atoms with van der Waals surface area (Å²) in [4.78, 5) is 0. The summed E-state index contributed by atoms with van der Waals surface area (Å²) < 4.78 is 5.31. The van der Waals surface area contributed by atoms with Gasteiger partial charge in [0.15, 0.2) is 0 Å². The molecular formula is C17H19NO. The minimum absolute atomic E-state index is 0.0567. The number of fused-ring (bicyclic) bond motifs is 1. The molecule has 0 spiro atoms. The molecule has 0 bridgehead atoms. The summed E-state index contributed by atoms with van der Waals surface area (Å²) in [5.41, 5.74) is 10.4.